The van der Waals surface area contributed by atoms with Crippen molar-refractivity contribution in [2.75, 3.05) is 5.75 Å². The minimum Gasteiger partial charge on any atom is -0.353 e. The zero-order chi connectivity index (χ0) is 24.4. The van der Waals surface area contributed by atoms with Crippen LogP contribution in [0.3, 0.4) is 0 Å². The Morgan fingerprint density at radius 2 is 1.77 bits per heavy atom. The van der Waals surface area contributed by atoms with Gasteiger partial charge in [-0.2, -0.15) is 0 Å². The molecule has 2 heterocycles. The molecule has 0 unspecified atom stereocenters. The number of para-hydroxylation sites is 1. The molecule has 2 aromatic heterocycles. The number of hydrogen-bond acceptors (Lipinski definition) is 5. The highest BCUT2D eigenvalue weighted by atomic mass is 32.2. The second-order valence-electron chi connectivity index (χ2n) is 9.46. The Labute approximate surface area is 208 Å². The van der Waals surface area contributed by atoms with Gasteiger partial charge in [-0.25, -0.2) is 4.57 Å². The molecule has 1 fully saturated rings. The zero-order valence-corrected chi connectivity index (χ0v) is 21.1. The molecule has 5 rings (SSSR count). The fourth-order valence-electron chi connectivity index (χ4n) is 4.95. The van der Waals surface area contributed by atoms with Gasteiger partial charge < -0.3 is 5.32 Å². The molecule has 182 valence electrons. The number of benzene rings is 2. The van der Waals surface area contributed by atoms with E-state index in [2.05, 4.69) is 15.5 Å². The van der Waals surface area contributed by atoms with E-state index >= 15 is 0 Å². The summed E-state index contributed by atoms with van der Waals surface area (Å²) in [5.41, 5.74) is 3.43. The molecule has 1 saturated carbocycles. The number of carbonyl (C=O) groups is 1. The van der Waals surface area contributed by atoms with Crippen molar-refractivity contribution < 1.29 is 4.79 Å². The lowest BCUT2D eigenvalue weighted by atomic mass is 9.97. The van der Waals surface area contributed by atoms with Crippen molar-refractivity contribution in [3.8, 4) is 5.69 Å². The molecule has 8 heteroatoms. The third-order valence-electron chi connectivity index (χ3n) is 6.80. The average Bonchev–Trinajstić information content (AvgIpc) is 3.25. The first-order valence-electron chi connectivity index (χ1n) is 12.4. The summed E-state index contributed by atoms with van der Waals surface area (Å²) < 4.78 is 3.53. The molecule has 0 bridgehead atoms. The normalized spacial score (nSPS) is 15.3. The Morgan fingerprint density at radius 3 is 2.57 bits per heavy atom. The Bertz CT molecular complexity index is 1430. The van der Waals surface area contributed by atoms with Crippen LogP contribution in [0.4, 0.5) is 0 Å². The number of amides is 1. The van der Waals surface area contributed by atoms with Crippen molar-refractivity contribution in [3.63, 3.8) is 0 Å². The van der Waals surface area contributed by atoms with E-state index < -0.39 is 0 Å². The van der Waals surface area contributed by atoms with Gasteiger partial charge in [0.25, 0.3) is 5.56 Å². The minimum atomic E-state index is -0.132. The maximum atomic E-state index is 13.6. The second-order valence-corrected chi connectivity index (χ2v) is 10.4. The number of nitrogens with one attached hydrogen (secondary N) is 1. The molecule has 1 aliphatic rings. The number of aryl methyl sites for hydroxylation is 2. The number of hydrogen-bond donors (Lipinski definition) is 1. The van der Waals surface area contributed by atoms with Crippen LogP contribution in [-0.4, -0.2) is 36.9 Å². The Morgan fingerprint density at radius 1 is 1.03 bits per heavy atom. The third-order valence-corrected chi connectivity index (χ3v) is 7.73. The summed E-state index contributed by atoms with van der Waals surface area (Å²) in [7, 11) is 0. The lowest BCUT2D eigenvalue weighted by molar-refractivity contribution is -0.119. The Kier molecular flexibility index (Phi) is 6.90. The monoisotopic (exact) mass is 489 g/mol. The van der Waals surface area contributed by atoms with Crippen molar-refractivity contribution >= 4 is 34.3 Å². The van der Waals surface area contributed by atoms with E-state index in [1.165, 1.54) is 43.9 Å². The quantitative estimate of drug-likeness (QED) is 0.400. The van der Waals surface area contributed by atoms with E-state index in [0.29, 0.717) is 16.3 Å². The second kappa shape index (κ2) is 10.2. The van der Waals surface area contributed by atoms with Crippen LogP contribution in [0.1, 0.15) is 56.1 Å². The van der Waals surface area contributed by atoms with Crippen LogP contribution in [0.5, 0.6) is 0 Å². The molecule has 1 aliphatic carbocycles. The molecule has 1 N–H and O–H groups in total. The predicted molar refractivity (Wildman–Crippen MR) is 141 cm³/mol. The summed E-state index contributed by atoms with van der Waals surface area (Å²) >= 11 is 1.36. The van der Waals surface area contributed by atoms with Crippen molar-refractivity contribution in [2.45, 2.75) is 70.0 Å². The van der Waals surface area contributed by atoms with Gasteiger partial charge in [0.05, 0.1) is 22.3 Å². The topological polar surface area (TPSA) is 81.3 Å². The van der Waals surface area contributed by atoms with Crippen LogP contribution in [0, 0.1) is 13.8 Å². The lowest BCUT2D eigenvalue weighted by Gasteiger charge is -2.20. The molecule has 35 heavy (non-hydrogen) atoms. The van der Waals surface area contributed by atoms with Gasteiger partial charge in [0.15, 0.2) is 5.16 Å². The van der Waals surface area contributed by atoms with Gasteiger partial charge in [0.2, 0.25) is 11.7 Å². The summed E-state index contributed by atoms with van der Waals surface area (Å²) in [5, 5.41) is 13.2. The predicted octanol–water partition coefficient (Wildman–Crippen LogP) is 4.97. The lowest BCUT2D eigenvalue weighted by Crippen LogP contribution is -2.36. The molecule has 0 saturated heterocycles. The molecule has 0 radical (unpaired) electrons. The van der Waals surface area contributed by atoms with Gasteiger partial charge in [0, 0.05) is 6.04 Å². The molecule has 2 aromatic carbocycles. The standard InChI is InChI=1S/C27H31N5O2S/c1-18-14-15-19(2)23(16-18)31-25(34)21-12-8-9-13-22(21)32-26(31)29-30-27(32)35-17-24(33)28-20-10-6-4-3-5-7-11-20/h8-9,12-16,20H,3-7,10-11,17H2,1-2H3,(H,28,33). The molecular formula is C27H31N5O2S. The van der Waals surface area contributed by atoms with Crippen molar-refractivity contribution in [1.82, 2.24) is 24.5 Å². The highest BCUT2D eigenvalue weighted by Crippen LogP contribution is 2.25. The smallest absolute Gasteiger partial charge is 0.267 e. The van der Waals surface area contributed by atoms with E-state index in [1.807, 2.05) is 60.7 Å². The maximum absolute atomic E-state index is 13.6. The van der Waals surface area contributed by atoms with Crippen LogP contribution >= 0.6 is 11.8 Å². The first-order chi connectivity index (χ1) is 17.0. The number of aromatic nitrogens is 4. The van der Waals surface area contributed by atoms with Crippen LogP contribution in [0.15, 0.2) is 52.4 Å². The van der Waals surface area contributed by atoms with Crippen LogP contribution in [0.2, 0.25) is 0 Å². The summed E-state index contributed by atoms with van der Waals surface area (Å²) in [6.45, 7) is 3.99. The first-order valence-corrected chi connectivity index (χ1v) is 13.4. The Balaban J connectivity index is 1.50. The van der Waals surface area contributed by atoms with E-state index in [9.17, 15) is 9.59 Å². The first kappa shape index (κ1) is 23.6. The highest BCUT2D eigenvalue weighted by Gasteiger charge is 2.20. The van der Waals surface area contributed by atoms with Gasteiger partial charge in [0.1, 0.15) is 0 Å². The molecular weight excluding hydrogens is 458 g/mol. The number of nitrogens with zero attached hydrogens (tertiary/aromatic N) is 4. The summed E-state index contributed by atoms with van der Waals surface area (Å²) in [4.78, 5) is 26.4. The largest absolute Gasteiger partial charge is 0.353 e. The number of carbonyl (C=O) groups excluding carboxylic acids is 1. The van der Waals surface area contributed by atoms with Gasteiger partial charge in [-0.05, 0) is 56.0 Å². The van der Waals surface area contributed by atoms with E-state index in [0.717, 1.165) is 35.2 Å². The zero-order valence-electron chi connectivity index (χ0n) is 20.3. The molecule has 4 aromatic rings. The molecule has 0 aliphatic heterocycles. The maximum Gasteiger partial charge on any atom is 0.267 e. The van der Waals surface area contributed by atoms with Crippen molar-refractivity contribution in [3.05, 3.63) is 63.9 Å². The van der Waals surface area contributed by atoms with Crippen LogP contribution in [0.25, 0.3) is 22.4 Å². The van der Waals surface area contributed by atoms with Crippen molar-refractivity contribution in [2.24, 2.45) is 0 Å². The Hall–Kier alpha value is -3.13. The number of fused-ring (bicyclic) bond motifs is 3. The summed E-state index contributed by atoms with van der Waals surface area (Å²) in [6, 6.07) is 13.8. The van der Waals surface area contributed by atoms with E-state index in [-0.39, 0.29) is 23.3 Å². The van der Waals surface area contributed by atoms with Crippen molar-refractivity contribution in [1.29, 1.82) is 0 Å². The number of thioether (sulfide) groups is 1. The summed E-state index contributed by atoms with van der Waals surface area (Å²) in [6.07, 6.45) is 8.26. The van der Waals surface area contributed by atoms with Crippen LogP contribution < -0.4 is 10.9 Å². The summed E-state index contributed by atoms with van der Waals surface area (Å²) in [5.74, 6) is 0.726. The molecule has 7 nitrogen and oxygen atoms in total. The third kappa shape index (κ3) is 4.85. The van der Waals surface area contributed by atoms with Gasteiger partial charge in [-0.1, -0.05) is 68.1 Å². The molecule has 1 amide bonds. The van der Waals surface area contributed by atoms with Gasteiger partial charge in [-0.15, -0.1) is 10.2 Å². The van der Waals surface area contributed by atoms with E-state index in [1.54, 1.807) is 4.57 Å². The minimum absolute atomic E-state index is 0.0180. The molecule has 0 atom stereocenters. The SMILES string of the molecule is Cc1ccc(C)c(-n2c(=O)c3ccccc3n3c(SCC(=O)NC4CCCCCCC4)nnc23)c1. The highest BCUT2D eigenvalue weighted by molar-refractivity contribution is 7.99. The fourth-order valence-corrected chi connectivity index (χ4v) is 5.70. The van der Waals surface area contributed by atoms with E-state index in [4.69, 9.17) is 0 Å². The van der Waals surface area contributed by atoms with Gasteiger partial charge >= 0.3 is 0 Å². The van der Waals surface area contributed by atoms with Gasteiger partial charge in [-0.3, -0.25) is 14.0 Å². The fraction of sp³-hybridized carbons (Fsp3) is 0.407. The average molecular weight is 490 g/mol. The molecule has 0 spiro atoms. The number of rotatable bonds is 5. The van der Waals surface area contributed by atoms with Crippen LogP contribution in [-0.2, 0) is 4.79 Å².